The molecule has 3 N–H and O–H groups in total. The number of aliphatic hydroxyl groups is 1. The van der Waals surface area contributed by atoms with E-state index in [0.717, 1.165) is 22.6 Å². The first kappa shape index (κ1) is 17.4. The van der Waals surface area contributed by atoms with Gasteiger partial charge in [0.25, 0.3) is 0 Å². The van der Waals surface area contributed by atoms with E-state index in [9.17, 15) is 5.11 Å². The van der Waals surface area contributed by atoms with Crippen molar-refractivity contribution < 1.29 is 5.11 Å². The van der Waals surface area contributed by atoms with Gasteiger partial charge in [0.1, 0.15) is 5.69 Å². The van der Waals surface area contributed by atoms with Gasteiger partial charge in [0, 0.05) is 0 Å². The van der Waals surface area contributed by atoms with E-state index in [-0.39, 0.29) is 6.04 Å². The molecule has 0 radical (unpaired) electrons. The summed E-state index contributed by atoms with van der Waals surface area (Å²) in [6, 6.07) is 28.5. The van der Waals surface area contributed by atoms with Crippen LogP contribution in [0.25, 0.3) is 0 Å². The van der Waals surface area contributed by atoms with E-state index >= 15 is 0 Å². The highest BCUT2D eigenvalue weighted by Crippen LogP contribution is 2.39. The molecule has 5 heteroatoms. The van der Waals surface area contributed by atoms with Crippen molar-refractivity contribution in [3.8, 4) is 0 Å². The van der Waals surface area contributed by atoms with Gasteiger partial charge >= 0.3 is 0 Å². The number of nitrogens with one attached hydrogen (secondary N) is 2. The first-order chi connectivity index (χ1) is 13.2. The van der Waals surface area contributed by atoms with Crippen LogP contribution in [0.2, 0.25) is 0 Å². The largest absolute Gasteiger partial charge is 0.393 e. The Morgan fingerprint density at radius 3 is 2.22 bits per heavy atom. The summed E-state index contributed by atoms with van der Waals surface area (Å²) in [7, 11) is 0. The van der Waals surface area contributed by atoms with Gasteiger partial charge in [-0.05, 0) is 43.2 Å². The molecule has 27 heavy (non-hydrogen) atoms. The second-order valence-electron chi connectivity index (χ2n) is 6.77. The lowest BCUT2D eigenvalue weighted by atomic mass is 10.0. The molecule has 0 fully saturated rings. The predicted molar refractivity (Wildman–Crippen MR) is 110 cm³/mol. The number of hydrogen-bond donors (Lipinski definition) is 3. The van der Waals surface area contributed by atoms with Gasteiger partial charge in [-0.1, -0.05) is 60.7 Å². The van der Waals surface area contributed by atoms with Crippen LogP contribution in [0.5, 0.6) is 0 Å². The Balaban J connectivity index is 1.72. The van der Waals surface area contributed by atoms with Crippen molar-refractivity contribution >= 4 is 17.1 Å². The van der Waals surface area contributed by atoms with Crippen LogP contribution in [0, 0.1) is 0 Å². The van der Waals surface area contributed by atoms with E-state index < -0.39 is 6.10 Å². The van der Waals surface area contributed by atoms with Crippen LogP contribution in [0.4, 0.5) is 17.1 Å². The van der Waals surface area contributed by atoms with Crippen molar-refractivity contribution in [1.82, 2.24) is 5.12 Å². The molecular weight excluding hydrogens is 336 g/mol. The summed E-state index contributed by atoms with van der Waals surface area (Å²) in [6.45, 7) is 1.83. The van der Waals surface area contributed by atoms with Crippen molar-refractivity contribution in [1.29, 1.82) is 0 Å². The number of rotatable bonds is 6. The number of aliphatic hydroxyl groups excluding tert-OH is 1. The first-order valence-electron chi connectivity index (χ1n) is 9.22. The van der Waals surface area contributed by atoms with E-state index in [0.29, 0.717) is 6.42 Å². The summed E-state index contributed by atoms with van der Waals surface area (Å²) in [5.74, 6) is 0. The Morgan fingerprint density at radius 2 is 1.52 bits per heavy atom. The monoisotopic (exact) mass is 360 g/mol. The Labute approximate surface area is 159 Å². The summed E-state index contributed by atoms with van der Waals surface area (Å²) < 4.78 is 0. The SMILES string of the molecule is C[C@H](O)CC(c1ccccc1)N1Nc2ccccc2N1Nc1ccccc1. The van der Waals surface area contributed by atoms with Gasteiger partial charge in [0.2, 0.25) is 0 Å². The van der Waals surface area contributed by atoms with Gasteiger partial charge in [0.15, 0.2) is 0 Å². The first-order valence-corrected chi connectivity index (χ1v) is 9.22. The third-order valence-electron chi connectivity index (χ3n) is 4.64. The van der Waals surface area contributed by atoms with Crippen LogP contribution in [0.15, 0.2) is 84.9 Å². The van der Waals surface area contributed by atoms with E-state index in [1.165, 1.54) is 0 Å². The van der Waals surface area contributed by atoms with Crippen LogP contribution >= 0.6 is 0 Å². The Morgan fingerprint density at radius 1 is 0.889 bits per heavy atom. The summed E-state index contributed by atoms with van der Waals surface area (Å²) in [6.07, 6.45) is 0.164. The molecule has 138 valence electrons. The fraction of sp³-hybridized carbons (Fsp3) is 0.182. The highest BCUT2D eigenvalue weighted by atomic mass is 16.3. The normalized spacial score (nSPS) is 15.7. The maximum Gasteiger partial charge on any atom is 0.102 e. The zero-order valence-electron chi connectivity index (χ0n) is 15.3. The number of nitrogens with zero attached hydrogens (tertiary/aromatic N) is 2. The van der Waals surface area contributed by atoms with Crippen molar-refractivity contribution in [2.75, 3.05) is 16.0 Å². The third-order valence-corrected chi connectivity index (χ3v) is 4.64. The van der Waals surface area contributed by atoms with Crippen LogP contribution in [-0.2, 0) is 0 Å². The van der Waals surface area contributed by atoms with E-state index in [4.69, 9.17) is 0 Å². The number of para-hydroxylation sites is 3. The fourth-order valence-corrected chi connectivity index (χ4v) is 3.38. The molecule has 0 amide bonds. The number of hydrogen-bond acceptors (Lipinski definition) is 5. The molecule has 4 rings (SSSR count). The van der Waals surface area contributed by atoms with Gasteiger partial charge < -0.3 is 5.11 Å². The van der Waals surface area contributed by atoms with E-state index in [2.05, 4.69) is 40.2 Å². The minimum atomic E-state index is -0.431. The van der Waals surface area contributed by atoms with Gasteiger partial charge in [-0.3, -0.25) is 10.9 Å². The number of anilines is 3. The molecule has 0 spiro atoms. The maximum absolute atomic E-state index is 10.1. The Kier molecular flexibility index (Phi) is 4.96. The van der Waals surface area contributed by atoms with Crippen molar-refractivity contribution in [3.63, 3.8) is 0 Å². The fourth-order valence-electron chi connectivity index (χ4n) is 3.38. The van der Waals surface area contributed by atoms with Crippen molar-refractivity contribution in [2.45, 2.75) is 25.5 Å². The molecule has 1 unspecified atom stereocenters. The van der Waals surface area contributed by atoms with Gasteiger partial charge in [-0.15, -0.1) is 5.12 Å². The van der Waals surface area contributed by atoms with Crippen LogP contribution in [0.1, 0.15) is 24.9 Å². The minimum absolute atomic E-state index is 0.0465. The molecule has 0 saturated heterocycles. The highest BCUT2D eigenvalue weighted by molar-refractivity contribution is 5.75. The van der Waals surface area contributed by atoms with Crippen LogP contribution in [0.3, 0.4) is 0 Å². The van der Waals surface area contributed by atoms with Crippen molar-refractivity contribution in [3.05, 3.63) is 90.5 Å². The van der Waals surface area contributed by atoms with Gasteiger partial charge in [-0.2, -0.15) is 5.12 Å². The molecular formula is C22H24N4O. The molecule has 3 aromatic rings. The Bertz CT molecular complexity index is 870. The topological polar surface area (TPSA) is 50.8 Å². The number of hydrazine groups is 3. The molecule has 3 aromatic carbocycles. The smallest absolute Gasteiger partial charge is 0.102 e. The molecule has 0 aliphatic carbocycles. The average Bonchev–Trinajstić information content (AvgIpc) is 3.06. The molecule has 1 aliphatic rings. The van der Waals surface area contributed by atoms with Crippen molar-refractivity contribution in [2.24, 2.45) is 0 Å². The molecule has 5 nitrogen and oxygen atoms in total. The van der Waals surface area contributed by atoms with E-state index in [1.54, 1.807) is 0 Å². The summed E-state index contributed by atoms with van der Waals surface area (Å²) in [5, 5.41) is 14.2. The summed E-state index contributed by atoms with van der Waals surface area (Å²) in [5.41, 5.74) is 11.2. The lowest BCUT2D eigenvalue weighted by Gasteiger charge is -2.36. The number of benzene rings is 3. The molecule has 1 aliphatic heterocycles. The Hall–Kier alpha value is -3.02. The molecule has 0 aromatic heterocycles. The van der Waals surface area contributed by atoms with E-state index in [1.807, 2.05) is 72.7 Å². The second-order valence-corrected chi connectivity index (χ2v) is 6.77. The predicted octanol–water partition coefficient (Wildman–Crippen LogP) is 4.59. The molecule has 2 atom stereocenters. The highest BCUT2D eigenvalue weighted by Gasteiger charge is 2.34. The van der Waals surface area contributed by atoms with Crippen LogP contribution < -0.4 is 16.0 Å². The number of fused-ring (bicyclic) bond motifs is 1. The maximum atomic E-state index is 10.1. The quantitative estimate of drug-likeness (QED) is 0.600. The summed E-state index contributed by atoms with van der Waals surface area (Å²) >= 11 is 0. The standard InChI is InChI=1S/C22H24N4O/c1-17(27)16-22(18-10-4-2-5-11-18)26-24-20-14-8-9-15-21(20)25(26)23-19-12-6-3-7-13-19/h2-15,17,22-24,27H,16H2,1H3/t17-,22?/m0/s1. The summed E-state index contributed by atoms with van der Waals surface area (Å²) in [4.78, 5) is 0. The van der Waals surface area contributed by atoms with Crippen LogP contribution in [-0.4, -0.2) is 16.3 Å². The molecule has 0 saturated carbocycles. The van der Waals surface area contributed by atoms with Gasteiger partial charge in [0.05, 0.1) is 23.5 Å². The zero-order valence-corrected chi connectivity index (χ0v) is 15.3. The lowest BCUT2D eigenvalue weighted by Crippen LogP contribution is -2.48. The minimum Gasteiger partial charge on any atom is -0.393 e. The molecule has 1 heterocycles. The third kappa shape index (κ3) is 3.74. The molecule has 0 bridgehead atoms. The zero-order chi connectivity index (χ0) is 18.6. The van der Waals surface area contributed by atoms with Gasteiger partial charge in [-0.25, -0.2) is 0 Å². The second kappa shape index (κ2) is 7.70. The lowest BCUT2D eigenvalue weighted by molar-refractivity contribution is 0.126. The average molecular weight is 360 g/mol.